The number of benzene rings is 2. The Morgan fingerprint density at radius 1 is 1.18 bits per heavy atom. The first-order valence-electron chi connectivity index (χ1n) is 6.55. The van der Waals surface area contributed by atoms with Crippen LogP contribution in [0.1, 0.15) is 6.92 Å². The van der Waals surface area contributed by atoms with E-state index in [1.807, 2.05) is 6.92 Å². The van der Waals surface area contributed by atoms with Crippen molar-refractivity contribution >= 4 is 31.6 Å². The van der Waals surface area contributed by atoms with Crippen LogP contribution < -0.4 is 14.2 Å². The van der Waals surface area contributed by atoms with Crippen LogP contribution in [0.4, 0.5) is 5.69 Å². The maximum absolute atomic E-state index is 12.5. The van der Waals surface area contributed by atoms with E-state index >= 15 is 0 Å². The van der Waals surface area contributed by atoms with Gasteiger partial charge in [-0.2, -0.15) is 0 Å². The van der Waals surface area contributed by atoms with Gasteiger partial charge in [-0.1, -0.05) is 22.0 Å². The molecule has 5 nitrogen and oxygen atoms in total. The van der Waals surface area contributed by atoms with Gasteiger partial charge < -0.3 is 9.47 Å². The van der Waals surface area contributed by atoms with Gasteiger partial charge in [-0.05, 0) is 37.3 Å². The number of nitrogens with one attached hydrogen (secondary N) is 1. The third-order valence-electron chi connectivity index (χ3n) is 2.81. The summed E-state index contributed by atoms with van der Waals surface area (Å²) in [7, 11) is -2.34. The number of halogens is 1. The quantitative estimate of drug-likeness (QED) is 0.823. The van der Waals surface area contributed by atoms with Crippen LogP contribution >= 0.6 is 15.9 Å². The zero-order chi connectivity index (χ0) is 16.2. The zero-order valence-electron chi connectivity index (χ0n) is 12.2. The standard InChI is InChI=1S/C15H16BrNO4S/c1-3-21-13-6-4-5-12(10-13)17-22(18,19)15-9-11(16)7-8-14(15)20-2/h4-10,17H,3H2,1-2H3. The van der Waals surface area contributed by atoms with E-state index in [0.717, 1.165) is 0 Å². The molecule has 0 aliphatic rings. The highest BCUT2D eigenvalue weighted by molar-refractivity contribution is 9.10. The molecule has 1 N–H and O–H groups in total. The van der Waals surface area contributed by atoms with Gasteiger partial charge in [0.05, 0.1) is 19.4 Å². The molecular weight excluding hydrogens is 370 g/mol. The lowest BCUT2D eigenvalue weighted by molar-refractivity contribution is 0.340. The van der Waals surface area contributed by atoms with Crippen LogP contribution in [0.3, 0.4) is 0 Å². The molecule has 0 amide bonds. The molecule has 0 saturated carbocycles. The highest BCUT2D eigenvalue weighted by atomic mass is 79.9. The summed E-state index contributed by atoms with van der Waals surface area (Å²) in [6.45, 7) is 2.37. The minimum absolute atomic E-state index is 0.0613. The molecule has 0 saturated heterocycles. The molecule has 0 atom stereocenters. The summed E-state index contributed by atoms with van der Waals surface area (Å²) >= 11 is 3.27. The Morgan fingerprint density at radius 3 is 2.64 bits per heavy atom. The fraction of sp³-hybridized carbons (Fsp3) is 0.200. The molecule has 2 aromatic rings. The fourth-order valence-corrected chi connectivity index (χ4v) is 3.64. The van der Waals surface area contributed by atoms with Gasteiger partial charge in [0.1, 0.15) is 16.4 Å². The van der Waals surface area contributed by atoms with E-state index in [4.69, 9.17) is 9.47 Å². The average Bonchev–Trinajstić information content (AvgIpc) is 2.47. The lowest BCUT2D eigenvalue weighted by atomic mass is 10.3. The van der Waals surface area contributed by atoms with Crippen LogP contribution in [0.2, 0.25) is 0 Å². The molecule has 22 heavy (non-hydrogen) atoms. The summed E-state index contributed by atoms with van der Waals surface area (Å²) in [6, 6.07) is 11.6. The fourth-order valence-electron chi connectivity index (χ4n) is 1.89. The lowest BCUT2D eigenvalue weighted by Gasteiger charge is -2.12. The molecule has 0 unspecified atom stereocenters. The van der Waals surface area contributed by atoms with Gasteiger partial charge in [-0.3, -0.25) is 4.72 Å². The number of sulfonamides is 1. The highest BCUT2D eigenvalue weighted by Crippen LogP contribution is 2.29. The highest BCUT2D eigenvalue weighted by Gasteiger charge is 2.20. The van der Waals surface area contributed by atoms with Crippen molar-refractivity contribution in [3.05, 3.63) is 46.9 Å². The Morgan fingerprint density at radius 2 is 1.95 bits per heavy atom. The molecular formula is C15H16BrNO4S. The predicted octanol–water partition coefficient (Wildman–Crippen LogP) is 3.66. The second kappa shape index (κ2) is 7.02. The summed E-state index contributed by atoms with van der Waals surface area (Å²) < 4.78 is 38.8. The average molecular weight is 386 g/mol. The van der Waals surface area contributed by atoms with Gasteiger partial charge in [0, 0.05) is 10.5 Å². The molecule has 0 radical (unpaired) electrons. The van der Waals surface area contributed by atoms with E-state index in [0.29, 0.717) is 22.5 Å². The van der Waals surface area contributed by atoms with Gasteiger partial charge in [-0.25, -0.2) is 8.42 Å². The monoisotopic (exact) mass is 385 g/mol. The Kier molecular flexibility index (Phi) is 5.31. The lowest BCUT2D eigenvalue weighted by Crippen LogP contribution is -2.14. The SMILES string of the molecule is CCOc1cccc(NS(=O)(=O)c2cc(Br)ccc2OC)c1. The predicted molar refractivity (Wildman–Crippen MR) is 89.1 cm³/mol. The van der Waals surface area contributed by atoms with Crippen molar-refractivity contribution in [3.8, 4) is 11.5 Å². The smallest absolute Gasteiger partial charge is 0.265 e. The molecule has 0 aliphatic carbocycles. The molecule has 118 valence electrons. The molecule has 0 bridgehead atoms. The van der Waals surface area contributed by atoms with Crippen molar-refractivity contribution in [2.24, 2.45) is 0 Å². The van der Waals surface area contributed by atoms with Crippen molar-refractivity contribution in [3.63, 3.8) is 0 Å². The molecule has 2 rings (SSSR count). The molecule has 0 aliphatic heterocycles. The van der Waals surface area contributed by atoms with E-state index in [-0.39, 0.29) is 10.6 Å². The molecule has 0 aromatic heterocycles. The topological polar surface area (TPSA) is 64.6 Å². The largest absolute Gasteiger partial charge is 0.495 e. The maximum Gasteiger partial charge on any atom is 0.265 e. The van der Waals surface area contributed by atoms with E-state index in [2.05, 4.69) is 20.7 Å². The van der Waals surface area contributed by atoms with Crippen molar-refractivity contribution in [1.82, 2.24) is 0 Å². The van der Waals surface area contributed by atoms with E-state index in [1.54, 1.807) is 36.4 Å². The number of hydrogen-bond acceptors (Lipinski definition) is 4. The number of anilines is 1. The van der Waals surface area contributed by atoms with Gasteiger partial charge in [-0.15, -0.1) is 0 Å². The first-order valence-corrected chi connectivity index (χ1v) is 8.83. The first kappa shape index (κ1) is 16.6. The van der Waals surface area contributed by atoms with E-state index < -0.39 is 10.0 Å². The molecule has 0 fully saturated rings. The summed E-state index contributed by atoms with van der Waals surface area (Å²) in [6.07, 6.45) is 0. The van der Waals surface area contributed by atoms with Crippen molar-refractivity contribution in [2.75, 3.05) is 18.4 Å². The Hall–Kier alpha value is -1.73. The number of hydrogen-bond donors (Lipinski definition) is 1. The Bertz CT molecular complexity index is 762. The van der Waals surface area contributed by atoms with E-state index in [9.17, 15) is 8.42 Å². The number of methoxy groups -OCH3 is 1. The van der Waals surface area contributed by atoms with Crippen molar-refractivity contribution in [2.45, 2.75) is 11.8 Å². The minimum Gasteiger partial charge on any atom is -0.495 e. The summed E-state index contributed by atoms with van der Waals surface area (Å²) in [5.74, 6) is 0.876. The second-order valence-electron chi connectivity index (χ2n) is 4.36. The van der Waals surface area contributed by atoms with Crippen molar-refractivity contribution in [1.29, 1.82) is 0 Å². The van der Waals surface area contributed by atoms with Crippen LogP contribution in [0.15, 0.2) is 51.8 Å². The van der Waals surface area contributed by atoms with Crippen LogP contribution in [-0.4, -0.2) is 22.1 Å². The Labute approximate surface area is 138 Å². The van der Waals surface area contributed by atoms with Crippen LogP contribution in [-0.2, 0) is 10.0 Å². The second-order valence-corrected chi connectivity index (χ2v) is 6.93. The summed E-state index contributed by atoms with van der Waals surface area (Å²) in [5.41, 5.74) is 0.424. The minimum atomic E-state index is -3.77. The molecule has 0 heterocycles. The zero-order valence-corrected chi connectivity index (χ0v) is 14.6. The third-order valence-corrected chi connectivity index (χ3v) is 4.71. The van der Waals surface area contributed by atoms with Gasteiger partial charge in [0.2, 0.25) is 0 Å². The van der Waals surface area contributed by atoms with Crippen LogP contribution in [0, 0.1) is 0 Å². The number of ether oxygens (including phenoxy) is 2. The number of rotatable bonds is 6. The third kappa shape index (κ3) is 3.92. The van der Waals surface area contributed by atoms with Gasteiger partial charge in [0.25, 0.3) is 10.0 Å². The summed E-state index contributed by atoms with van der Waals surface area (Å²) in [4.78, 5) is 0.0613. The normalized spacial score (nSPS) is 11.0. The summed E-state index contributed by atoms with van der Waals surface area (Å²) in [5, 5.41) is 0. The molecule has 2 aromatic carbocycles. The van der Waals surface area contributed by atoms with Crippen molar-refractivity contribution < 1.29 is 17.9 Å². The van der Waals surface area contributed by atoms with Crippen LogP contribution in [0.5, 0.6) is 11.5 Å². The maximum atomic E-state index is 12.5. The van der Waals surface area contributed by atoms with Crippen LogP contribution in [0.25, 0.3) is 0 Å². The molecule has 0 spiro atoms. The van der Waals surface area contributed by atoms with Gasteiger partial charge in [0.15, 0.2) is 0 Å². The van der Waals surface area contributed by atoms with Gasteiger partial charge >= 0.3 is 0 Å². The Balaban J connectivity index is 2.35. The first-order chi connectivity index (χ1) is 10.5. The van der Waals surface area contributed by atoms with E-state index in [1.165, 1.54) is 13.2 Å². The molecule has 7 heteroatoms.